The van der Waals surface area contributed by atoms with E-state index in [1.54, 1.807) is 6.92 Å². The predicted molar refractivity (Wildman–Crippen MR) is 90.2 cm³/mol. The number of rotatable bonds is 4. The lowest BCUT2D eigenvalue weighted by molar-refractivity contribution is 0.177. The van der Waals surface area contributed by atoms with Gasteiger partial charge >= 0.3 is 0 Å². The Morgan fingerprint density at radius 3 is 2.80 bits per heavy atom. The Morgan fingerprint density at radius 1 is 1.36 bits per heavy atom. The van der Waals surface area contributed by atoms with Gasteiger partial charge in [-0.2, -0.15) is 0 Å². The summed E-state index contributed by atoms with van der Waals surface area (Å²) in [6, 6.07) is 6.59. The van der Waals surface area contributed by atoms with Gasteiger partial charge in [-0.25, -0.2) is 17.7 Å². The molecule has 0 bridgehead atoms. The van der Waals surface area contributed by atoms with Crippen molar-refractivity contribution in [3.05, 3.63) is 58.7 Å². The Kier molecular flexibility index (Phi) is 4.50. The molecule has 0 aromatic heterocycles. The van der Waals surface area contributed by atoms with Crippen LogP contribution < -0.4 is 4.74 Å². The van der Waals surface area contributed by atoms with Crippen LogP contribution in [0.1, 0.15) is 30.6 Å². The molecule has 2 aromatic rings. The van der Waals surface area contributed by atoms with Crippen molar-refractivity contribution in [3.8, 4) is 11.5 Å². The zero-order valence-corrected chi connectivity index (χ0v) is 14.3. The van der Waals surface area contributed by atoms with Gasteiger partial charge in [-0.3, -0.25) is 0 Å². The lowest BCUT2D eigenvalue weighted by Crippen LogP contribution is -2.09. The van der Waals surface area contributed by atoms with Gasteiger partial charge in [0.15, 0.2) is 15.5 Å². The van der Waals surface area contributed by atoms with Crippen molar-refractivity contribution in [3.63, 3.8) is 0 Å². The molecule has 1 aliphatic carbocycles. The molecule has 0 saturated heterocycles. The number of halogens is 1. The van der Waals surface area contributed by atoms with Crippen LogP contribution in [-0.4, -0.2) is 19.3 Å². The number of hydrogen-bond donors (Lipinski definition) is 1. The fourth-order valence-corrected chi connectivity index (χ4v) is 4.17. The molecular weight excluding hydrogens is 345 g/mol. The highest BCUT2D eigenvalue weighted by Gasteiger charge is 2.31. The molecule has 25 heavy (non-hydrogen) atoms. The first-order chi connectivity index (χ1) is 11.9. The van der Waals surface area contributed by atoms with E-state index in [-0.39, 0.29) is 22.1 Å². The highest BCUT2D eigenvalue weighted by molar-refractivity contribution is 7.91. The molecule has 7 heteroatoms. The van der Waals surface area contributed by atoms with E-state index in [0.717, 1.165) is 12.1 Å². The van der Waals surface area contributed by atoms with E-state index >= 15 is 0 Å². The van der Waals surface area contributed by atoms with Crippen molar-refractivity contribution in [1.29, 1.82) is 0 Å². The summed E-state index contributed by atoms with van der Waals surface area (Å²) in [6.45, 7) is 8.53. The summed E-state index contributed by atoms with van der Waals surface area (Å²) in [6.07, 6.45) is -0.0105. The van der Waals surface area contributed by atoms with Crippen LogP contribution in [0, 0.1) is 12.4 Å². The quantitative estimate of drug-likeness (QED) is 0.838. The minimum atomic E-state index is -3.48. The second kappa shape index (κ2) is 6.47. The van der Waals surface area contributed by atoms with E-state index in [4.69, 9.17) is 11.3 Å². The van der Waals surface area contributed by atoms with Gasteiger partial charge < -0.3 is 9.84 Å². The number of benzene rings is 2. The molecule has 130 valence electrons. The van der Waals surface area contributed by atoms with E-state index in [2.05, 4.69) is 4.85 Å². The summed E-state index contributed by atoms with van der Waals surface area (Å²) in [5.74, 6) is -0.140. The summed E-state index contributed by atoms with van der Waals surface area (Å²) in [5.41, 5.74) is 1.08. The number of ether oxygens (including phenoxy) is 1. The highest BCUT2D eigenvalue weighted by atomic mass is 32.2. The van der Waals surface area contributed by atoms with Crippen LogP contribution in [0.3, 0.4) is 0 Å². The Labute approximate surface area is 145 Å². The maximum absolute atomic E-state index is 13.6. The van der Waals surface area contributed by atoms with Gasteiger partial charge in [0.05, 0.1) is 23.3 Å². The monoisotopic (exact) mass is 361 g/mol. The largest absolute Gasteiger partial charge is 0.458 e. The van der Waals surface area contributed by atoms with Crippen molar-refractivity contribution in [2.75, 3.05) is 5.75 Å². The third-order valence-electron chi connectivity index (χ3n) is 4.20. The Morgan fingerprint density at radius 2 is 2.12 bits per heavy atom. The van der Waals surface area contributed by atoms with Gasteiger partial charge in [-0.15, -0.1) is 0 Å². The highest BCUT2D eigenvalue weighted by Crippen LogP contribution is 2.42. The number of aliphatic hydroxyl groups is 1. The summed E-state index contributed by atoms with van der Waals surface area (Å²) >= 11 is 0. The van der Waals surface area contributed by atoms with Crippen molar-refractivity contribution in [2.24, 2.45) is 0 Å². The van der Waals surface area contributed by atoms with Crippen molar-refractivity contribution < 1.29 is 22.7 Å². The Balaban J connectivity index is 2.08. The van der Waals surface area contributed by atoms with Crippen LogP contribution in [0.5, 0.6) is 11.5 Å². The van der Waals surface area contributed by atoms with Crippen molar-refractivity contribution >= 4 is 15.5 Å². The molecule has 1 unspecified atom stereocenters. The lowest BCUT2D eigenvalue weighted by Gasteiger charge is -2.15. The molecule has 5 nitrogen and oxygen atoms in total. The van der Waals surface area contributed by atoms with Gasteiger partial charge in [0, 0.05) is 17.2 Å². The summed E-state index contributed by atoms with van der Waals surface area (Å²) in [7, 11) is -3.48. The number of fused-ring (bicyclic) bond motifs is 1. The normalized spacial score (nSPS) is 16.3. The molecule has 0 fully saturated rings. The predicted octanol–water partition coefficient (Wildman–Crippen LogP) is 3.94. The summed E-state index contributed by atoms with van der Waals surface area (Å²) in [5, 5.41) is 10.2. The maximum Gasteiger partial charge on any atom is 0.193 e. The fourth-order valence-electron chi connectivity index (χ4n) is 2.99. The molecule has 1 aliphatic rings. The van der Waals surface area contributed by atoms with Crippen LogP contribution in [0.15, 0.2) is 35.2 Å². The minimum absolute atomic E-state index is 0.0649. The molecule has 0 aliphatic heterocycles. The average Bonchev–Trinajstić information content (AvgIpc) is 2.97. The number of nitrogens with zero attached hydrogens (tertiary/aromatic N) is 1. The zero-order chi connectivity index (χ0) is 18.2. The van der Waals surface area contributed by atoms with Gasteiger partial charge in [0.1, 0.15) is 17.3 Å². The molecule has 0 radical (unpaired) electrons. The third kappa shape index (κ3) is 3.23. The molecule has 0 spiro atoms. The minimum Gasteiger partial charge on any atom is -0.458 e. The van der Waals surface area contributed by atoms with Crippen LogP contribution >= 0.6 is 0 Å². The smallest absolute Gasteiger partial charge is 0.193 e. The van der Waals surface area contributed by atoms with Gasteiger partial charge in [-0.05, 0) is 37.1 Å². The van der Waals surface area contributed by atoms with E-state index < -0.39 is 21.8 Å². The van der Waals surface area contributed by atoms with Crippen LogP contribution in [0.2, 0.25) is 0 Å². The molecule has 0 saturated carbocycles. The van der Waals surface area contributed by atoms with Gasteiger partial charge in [0.25, 0.3) is 0 Å². The molecule has 3 rings (SSSR count). The number of hydrogen-bond acceptors (Lipinski definition) is 4. The van der Waals surface area contributed by atoms with Crippen LogP contribution in [0.25, 0.3) is 4.85 Å². The first-order valence-electron chi connectivity index (χ1n) is 7.78. The van der Waals surface area contributed by atoms with Crippen LogP contribution in [0.4, 0.5) is 10.1 Å². The topological polar surface area (TPSA) is 68.0 Å². The second-order valence-electron chi connectivity index (χ2n) is 5.77. The Hall–Kier alpha value is -2.43. The molecule has 0 heterocycles. The first kappa shape index (κ1) is 17.4. The van der Waals surface area contributed by atoms with E-state index in [1.165, 1.54) is 18.2 Å². The van der Waals surface area contributed by atoms with Crippen molar-refractivity contribution in [2.45, 2.75) is 30.8 Å². The molecular formula is C18H16FNO4S. The molecule has 2 aromatic carbocycles. The lowest BCUT2D eigenvalue weighted by atomic mass is 10.1. The number of aliphatic hydroxyl groups excluding tert-OH is 1. The molecule has 1 N–H and O–H groups in total. The van der Waals surface area contributed by atoms with E-state index in [0.29, 0.717) is 29.7 Å². The molecule has 1 atom stereocenters. The van der Waals surface area contributed by atoms with Crippen LogP contribution in [-0.2, 0) is 16.3 Å². The standard InChI is InChI=1S/C18H16FNO4S/c1-3-25(22,23)17-7-6-16(14-4-5-15(21)18(14)17)24-13-9-11(19)8-12(10-13)20-2/h6-10,15,21H,3-5H2,1H3. The molecule has 0 amide bonds. The van der Waals surface area contributed by atoms with E-state index in [1.807, 2.05) is 0 Å². The van der Waals surface area contributed by atoms with E-state index in [9.17, 15) is 17.9 Å². The second-order valence-corrected chi connectivity index (χ2v) is 8.02. The van der Waals surface area contributed by atoms with Crippen molar-refractivity contribution in [1.82, 2.24) is 0 Å². The zero-order valence-electron chi connectivity index (χ0n) is 13.5. The maximum atomic E-state index is 13.6. The van der Waals surface area contributed by atoms with Gasteiger partial charge in [0.2, 0.25) is 0 Å². The number of sulfone groups is 1. The Bertz CT molecular complexity index is 979. The SMILES string of the molecule is [C-]#[N+]c1cc(F)cc(Oc2ccc(S(=O)(=O)CC)c3c2CCC3O)c1. The average molecular weight is 361 g/mol. The summed E-state index contributed by atoms with van der Waals surface area (Å²) < 4.78 is 43.8. The first-order valence-corrected chi connectivity index (χ1v) is 9.43. The summed E-state index contributed by atoms with van der Waals surface area (Å²) in [4.78, 5) is 3.30. The third-order valence-corrected chi connectivity index (χ3v) is 5.99. The van der Waals surface area contributed by atoms with Gasteiger partial charge in [-0.1, -0.05) is 6.92 Å². The fraction of sp³-hybridized carbons (Fsp3) is 0.278.